The fourth-order valence-electron chi connectivity index (χ4n) is 2.14. The summed E-state index contributed by atoms with van der Waals surface area (Å²) in [6.45, 7) is 0. The minimum absolute atomic E-state index is 0.00685. The Bertz CT molecular complexity index is 619. The van der Waals surface area contributed by atoms with E-state index in [1.807, 2.05) is 12.1 Å². The van der Waals surface area contributed by atoms with Crippen molar-refractivity contribution in [2.75, 3.05) is 7.11 Å². The van der Waals surface area contributed by atoms with Gasteiger partial charge in [0, 0.05) is 10.6 Å². The first-order valence-corrected chi connectivity index (χ1v) is 6.66. The van der Waals surface area contributed by atoms with E-state index in [-0.39, 0.29) is 11.9 Å². The molecule has 0 spiro atoms. The van der Waals surface area contributed by atoms with E-state index in [2.05, 4.69) is 0 Å². The largest absolute Gasteiger partial charge is 0.497 e. The van der Waals surface area contributed by atoms with Gasteiger partial charge in [0.2, 0.25) is 0 Å². The Balaban J connectivity index is 1.71. The highest BCUT2D eigenvalue weighted by atomic mass is 35.5. The molecule has 2 aromatic carbocycles. The molecule has 0 radical (unpaired) electrons. The molecular weight excluding hydrogens is 276 g/mol. The Morgan fingerprint density at radius 1 is 1.10 bits per heavy atom. The normalized spacial score (nSPS) is 20.5. The Morgan fingerprint density at radius 2 is 1.75 bits per heavy atom. The Labute approximate surface area is 122 Å². The van der Waals surface area contributed by atoms with Gasteiger partial charge in [0.25, 0.3) is 0 Å². The quantitative estimate of drug-likeness (QED) is 0.636. The van der Waals surface area contributed by atoms with Crippen LogP contribution in [-0.2, 0) is 4.74 Å². The number of ketones is 1. The number of Topliss-reactive ketones (excluding diaryl/α,β-unsaturated/α-hetero) is 1. The van der Waals surface area contributed by atoms with Gasteiger partial charge in [-0.3, -0.25) is 4.79 Å². The zero-order chi connectivity index (χ0) is 14.1. The van der Waals surface area contributed by atoms with Gasteiger partial charge in [-0.15, -0.1) is 0 Å². The Morgan fingerprint density at radius 3 is 2.35 bits per heavy atom. The average molecular weight is 289 g/mol. The molecule has 0 aromatic heterocycles. The SMILES string of the molecule is COc1ccc(C(=O)C2OC2c2ccc(Cl)cc2)cc1. The second-order valence-corrected chi connectivity index (χ2v) is 5.06. The molecule has 4 heteroatoms. The van der Waals surface area contributed by atoms with Crippen LogP contribution in [0.5, 0.6) is 5.75 Å². The van der Waals surface area contributed by atoms with Crippen LogP contribution in [0, 0.1) is 0 Å². The van der Waals surface area contributed by atoms with Crippen LogP contribution in [0.4, 0.5) is 0 Å². The standard InChI is InChI=1S/C16H13ClO3/c1-19-13-8-4-10(5-9-13)14(18)16-15(20-16)11-2-6-12(17)7-3-11/h2-9,15-16H,1H3. The summed E-state index contributed by atoms with van der Waals surface area (Å²) >= 11 is 5.84. The summed E-state index contributed by atoms with van der Waals surface area (Å²) in [7, 11) is 1.59. The number of epoxide rings is 1. The van der Waals surface area contributed by atoms with Gasteiger partial charge in [0.1, 0.15) is 11.9 Å². The molecule has 102 valence electrons. The fraction of sp³-hybridized carbons (Fsp3) is 0.188. The van der Waals surface area contributed by atoms with Gasteiger partial charge in [-0.2, -0.15) is 0 Å². The predicted octanol–water partition coefficient (Wildman–Crippen LogP) is 3.67. The molecule has 0 saturated carbocycles. The molecule has 20 heavy (non-hydrogen) atoms. The summed E-state index contributed by atoms with van der Waals surface area (Å²) < 4.78 is 10.6. The molecule has 2 aromatic rings. The zero-order valence-corrected chi connectivity index (χ0v) is 11.6. The van der Waals surface area contributed by atoms with Crippen molar-refractivity contribution < 1.29 is 14.3 Å². The highest BCUT2D eigenvalue weighted by Gasteiger charge is 2.46. The number of halogens is 1. The van der Waals surface area contributed by atoms with E-state index < -0.39 is 6.10 Å². The van der Waals surface area contributed by atoms with E-state index in [9.17, 15) is 4.79 Å². The van der Waals surface area contributed by atoms with Gasteiger partial charge in [-0.1, -0.05) is 23.7 Å². The van der Waals surface area contributed by atoms with Gasteiger partial charge in [0.15, 0.2) is 11.9 Å². The number of hydrogen-bond donors (Lipinski definition) is 0. The number of carbonyl (C=O) groups excluding carboxylic acids is 1. The molecule has 3 rings (SSSR count). The maximum absolute atomic E-state index is 12.3. The van der Waals surface area contributed by atoms with Crippen LogP contribution in [0.2, 0.25) is 5.02 Å². The van der Waals surface area contributed by atoms with E-state index in [0.717, 1.165) is 11.3 Å². The lowest BCUT2D eigenvalue weighted by Gasteiger charge is -2.01. The van der Waals surface area contributed by atoms with E-state index in [1.165, 1.54) is 0 Å². The monoisotopic (exact) mass is 288 g/mol. The maximum Gasteiger partial charge on any atom is 0.194 e. The smallest absolute Gasteiger partial charge is 0.194 e. The van der Waals surface area contributed by atoms with E-state index in [4.69, 9.17) is 21.1 Å². The third-order valence-corrected chi connectivity index (χ3v) is 3.58. The summed E-state index contributed by atoms with van der Waals surface area (Å²) in [4.78, 5) is 12.3. The molecule has 0 amide bonds. The van der Waals surface area contributed by atoms with E-state index in [1.54, 1.807) is 43.5 Å². The molecule has 1 heterocycles. The van der Waals surface area contributed by atoms with Crippen LogP contribution in [0.3, 0.4) is 0 Å². The van der Waals surface area contributed by atoms with Crippen molar-refractivity contribution in [3.63, 3.8) is 0 Å². The summed E-state index contributed by atoms with van der Waals surface area (Å²) in [5, 5.41) is 0.674. The van der Waals surface area contributed by atoms with Crippen molar-refractivity contribution in [2.24, 2.45) is 0 Å². The molecule has 0 bridgehead atoms. The third kappa shape index (κ3) is 2.55. The number of rotatable bonds is 4. The van der Waals surface area contributed by atoms with Gasteiger partial charge >= 0.3 is 0 Å². The second-order valence-electron chi connectivity index (χ2n) is 4.62. The number of hydrogen-bond acceptors (Lipinski definition) is 3. The highest BCUT2D eigenvalue weighted by Crippen LogP contribution is 2.40. The Hall–Kier alpha value is -1.84. The summed E-state index contributed by atoms with van der Waals surface area (Å²) in [5.74, 6) is 0.722. The first-order valence-electron chi connectivity index (χ1n) is 6.28. The number of ether oxygens (including phenoxy) is 2. The van der Waals surface area contributed by atoms with Gasteiger partial charge < -0.3 is 9.47 Å². The van der Waals surface area contributed by atoms with Crippen molar-refractivity contribution in [3.8, 4) is 5.75 Å². The number of benzene rings is 2. The van der Waals surface area contributed by atoms with Crippen LogP contribution >= 0.6 is 11.6 Å². The average Bonchev–Trinajstić information content (AvgIpc) is 3.28. The summed E-state index contributed by atoms with van der Waals surface area (Å²) in [6.07, 6.45) is -0.563. The lowest BCUT2D eigenvalue weighted by Crippen LogP contribution is -2.08. The maximum atomic E-state index is 12.3. The number of methoxy groups -OCH3 is 1. The molecule has 2 unspecified atom stereocenters. The Kier molecular flexibility index (Phi) is 3.47. The topological polar surface area (TPSA) is 38.8 Å². The molecule has 1 fully saturated rings. The summed E-state index contributed by atoms with van der Waals surface area (Å²) in [5.41, 5.74) is 1.61. The molecule has 3 nitrogen and oxygen atoms in total. The van der Waals surface area contributed by atoms with Crippen LogP contribution in [0.25, 0.3) is 0 Å². The van der Waals surface area contributed by atoms with E-state index in [0.29, 0.717) is 10.6 Å². The van der Waals surface area contributed by atoms with Crippen molar-refractivity contribution in [3.05, 3.63) is 64.7 Å². The first kappa shape index (κ1) is 13.2. The van der Waals surface area contributed by atoms with Gasteiger partial charge in [-0.25, -0.2) is 0 Å². The lowest BCUT2D eigenvalue weighted by molar-refractivity contribution is 0.0953. The molecular formula is C16H13ClO3. The van der Waals surface area contributed by atoms with Crippen molar-refractivity contribution in [2.45, 2.75) is 12.2 Å². The van der Waals surface area contributed by atoms with Crippen molar-refractivity contribution >= 4 is 17.4 Å². The minimum atomic E-state index is -0.399. The minimum Gasteiger partial charge on any atom is -0.497 e. The predicted molar refractivity (Wildman–Crippen MR) is 76.4 cm³/mol. The van der Waals surface area contributed by atoms with Gasteiger partial charge in [-0.05, 0) is 42.0 Å². The highest BCUT2D eigenvalue weighted by molar-refractivity contribution is 6.30. The molecule has 1 saturated heterocycles. The molecule has 0 N–H and O–H groups in total. The first-order chi connectivity index (χ1) is 9.69. The summed E-state index contributed by atoms with van der Waals surface area (Å²) in [6, 6.07) is 14.4. The lowest BCUT2D eigenvalue weighted by atomic mass is 10.0. The van der Waals surface area contributed by atoms with Crippen LogP contribution in [0.15, 0.2) is 48.5 Å². The fourth-order valence-corrected chi connectivity index (χ4v) is 2.26. The molecule has 0 aliphatic carbocycles. The van der Waals surface area contributed by atoms with E-state index >= 15 is 0 Å². The third-order valence-electron chi connectivity index (χ3n) is 3.32. The van der Waals surface area contributed by atoms with Crippen molar-refractivity contribution in [1.82, 2.24) is 0 Å². The van der Waals surface area contributed by atoms with Gasteiger partial charge in [0.05, 0.1) is 7.11 Å². The van der Waals surface area contributed by atoms with Crippen molar-refractivity contribution in [1.29, 1.82) is 0 Å². The van der Waals surface area contributed by atoms with Crippen LogP contribution in [-0.4, -0.2) is 19.0 Å². The molecule has 2 atom stereocenters. The number of carbonyl (C=O) groups is 1. The molecule has 1 aliphatic rings. The van der Waals surface area contributed by atoms with Crippen LogP contribution < -0.4 is 4.74 Å². The van der Waals surface area contributed by atoms with Crippen LogP contribution in [0.1, 0.15) is 22.0 Å². The zero-order valence-electron chi connectivity index (χ0n) is 10.9. The second kappa shape index (κ2) is 5.27. The molecule has 1 aliphatic heterocycles.